The van der Waals surface area contributed by atoms with Crippen molar-refractivity contribution in [3.8, 4) is 0 Å². The van der Waals surface area contributed by atoms with E-state index in [1.54, 1.807) is 24.3 Å². The minimum atomic E-state index is -0.638. The van der Waals surface area contributed by atoms with Gasteiger partial charge in [-0.15, -0.1) is 0 Å². The average Bonchev–Trinajstić information content (AvgIpc) is 2.85. The van der Waals surface area contributed by atoms with E-state index in [9.17, 15) is 19.7 Å². The zero-order valence-electron chi connectivity index (χ0n) is 12.4. The maximum atomic E-state index is 12.5. The molecular formula is C16H9Cl2N3O4. The van der Waals surface area contributed by atoms with E-state index in [0.717, 1.165) is 5.01 Å². The van der Waals surface area contributed by atoms with E-state index < -0.39 is 16.7 Å². The second-order valence-electron chi connectivity index (χ2n) is 5.08. The number of nitrogens with zero attached hydrogens (tertiary/aromatic N) is 2. The number of amides is 2. The molecule has 0 saturated carbocycles. The highest BCUT2D eigenvalue weighted by Gasteiger charge is 2.34. The smallest absolute Gasteiger partial charge is 0.267 e. The van der Waals surface area contributed by atoms with Crippen LogP contribution in [0.3, 0.4) is 0 Å². The molecule has 7 nitrogen and oxygen atoms in total. The van der Waals surface area contributed by atoms with Crippen molar-refractivity contribution in [2.45, 2.75) is 0 Å². The minimum Gasteiger partial charge on any atom is -0.267 e. The summed E-state index contributed by atoms with van der Waals surface area (Å²) >= 11 is 11.6. The molecule has 3 rings (SSSR count). The van der Waals surface area contributed by atoms with Crippen molar-refractivity contribution in [2.24, 2.45) is 0 Å². The fourth-order valence-corrected chi connectivity index (χ4v) is 2.57. The first-order valence-corrected chi connectivity index (χ1v) is 7.69. The molecule has 2 aromatic rings. The summed E-state index contributed by atoms with van der Waals surface area (Å²) in [4.78, 5) is 34.9. The van der Waals surface area contributed by atoms with Gasteiger partial charge in [-0.3, -0.25) is 25.1 Å². The third-order valence-corrected chi connectivity index (χ3v) is 4.03. The van der Waals surface area contributed by atoms with Crippen LogP contribution in [0.2, 0.25) is 10.0 Å². The number of rotatable bonds is 3. The highest BCUT2D eigenvalue weighted by Crippen LogP contribution is 2.27. The first-order chi connectivity index (χ1) is 11.9. The lowest BCUT2D eigenvalue weighted by molar-refractivity contribution is -0.384. The third kappa shape index (κ3) is 3.33. The van der Waals surface area contributed by atoms with Crippen LogP contribution in [0.25, 0.3) is 6.08 Å². The van der Waals surface area contributed by atoms with Gasteiger partial charge in [0.15, 0.2) is 0 Å². The lowest BCUT2D eigenvalue weighted by atomic mass is 10.1. The molecule has 0 unspecified atom stereocenters. The highest BCUT2D eigenvalue weighted by atomic mass is 35.5. The SMILES string of the molecule is O=C1NN(c2ccc(Cl)cc2)C(=O)/C1=C\c1ccc(Cl)c([N+](=O)[O-])c1. The number of nitro groups is 1. The van der Waals surface area contributed by atoms with E-state index in [1.165, 1.54) is 24.3 Å². The van der Waals surface area contributed by atoms with Crippen molar-refractivity contribution in [3.63, 3.8) is 0 Å². The van der Waals surface area contributed by atoms with Gasteiger partial charge in [-0.05, 0) is 42.0 Å². The molecule has 9 heteroatoms. The van der Waals surface area contributed by atoms with E-state index in [-0.39, 0.29) is 16.3 Å². The van der Waals surface area contributed by atoms with Gasteiger partial charge in [0.05, 0.1) is 10.6 Å². The second-order valence-corrected chi connectivity index (χ2v) is 5.93. The van der Waals surface area contributed by atoms with E-state index in [4.69, 9.17) is 23.2 Å². The Morgan fingerprint density at radius 3 is 2.40 bits per heavy atom. The molecule has 0 radical (unpaired) electrons. The summed E-state index contributed by atoms with van der Waals surface area (Å²) in [5.41, 5.74) is 2.73. The van der Waals surface area contributed by atoms with Crippen molar-refractivity contribution in [3.05, 3.63) is 73.8 Å². The van der Waals surface area contributed by atoms with Gasteiger partial charge < -0.3 is 0 Å². The molecule has 1 fully saturated rings. The zero-order valence-corrected chi connectivity index (χ0v) is 13.9. The normalized spacial score (nSPS) is 15.6. The molecule has 1 aliphatic rings. The summed E-state index contributed by atoms with van der Waals surface area (Å²) in [5, 5.41) is 12.5. The predicted molar refractivity (Wildman–Crippen MR) is 93.2 cm³/mol. The van der Waals surface area contributed by atoms with Crippen LogP contribution < -0.4 is 10.4 Å². The van der Waals surface area contributed by atoms with E-state index in [2.05, 4.69) is 5.43 Å². The number of benzene rings is 2. The van der Waals surface area contributed by atoms with Crippen LogP contribution in [0.4, 0.5) is 11.4 Å². The molecule has 0 bridgehead atoms. The highest BCUT2D eigenvalue weighted by molar-refractivity contribution is 6.33. The van der Waals surface area contributed by atoms with E-state index in [1.807, 2.05) is 0 Å². The van der Waals surface area contributed by atoms with Gasteiger partial charge in [-0.25, -0.2) is 5.01 Å². The molecule has 1 heterocycles. The summed E-state index contributed by atoms with van der Waals surface area (Å²) in [7, 11) is 0. The molecule has 0 atom stereocenters. The number of anilines is 1. The molecule has 2 aromatic carbocycles. The number of carbonyl (C=O) groups is 2. The van der Waals surface area contributed by atoms with Crippen LogP contribution in [0.1, 0.15) is 5.56 Å². The molecule has 1 aliphatic heterocycles. The van der Waals surface area contributed by atoms with E-state index >= 15 is 0 Å². The van der Waals surface area contributed by atoms with Crippen LogP contribution in [0.15, 0.2) is 48.0 Å². The number of halogens is 2. The fraction of sp³-hybridized carbons (Fsp3) is 0. The minimum absolute atomic E-state index is 0.0304. The van der Waals surface area contributed by atoms with Gasteiger partial charge in [-0.2, -0.15) is 0 Å². The standard InChI is InChI=1S/C16H9Cl2N3O4/c17-10-2-4-11(5-3-10)20-16(23)12(15(22)19-20)7-9-1-6-13(18)14(8-9)21(24)25/h1-8H,(H,19,22)/b12-7-. The molecule has 25 heavy (non-hydrogen) atoms. The van der Waals surface area contributed by atoms with Gasteiger partial charge in [0, 0.05) is 11.1 Å². The summed E-state index contributed by atoms with van der Waals surface area (Å²) in [5.74, 6) is -1.19. The van der Waals surface area contributed by atoms with Crippen LogP contribution in [0.5, 0.6) is 0 Å². The first-order valence-electron chi connectivity index (χ1n) is 6.93. The average molecular weight is 378 g/mol. The number of hydrogen-bond donors (Lipinski definition) is 1. The Hall–Kier alpha value is -2.90. The van der Waals surface area contributed by atoms with Gasteiger partial charge in [0.2, 0.25) is 0 Å². The molecule has 0 aromatic heterocycles. The Kier molecular flexibility index (Phi) is 4.43. The number of nitrogens with one attached hydrogen (secondary N) is 1. The largest absolute Gasteiger partial charge is 0.288 e. The maximum Gasteiger partial charge on any atom is 0.288 e. The summed E-state index contributed by atoms with van der Waals surface area (Å²) in [6, 6.07) is 10.3. The van der Waals surface area contributed by atoms with Gasteiger partial charge in [0.1, 0.15) is 10.6 Å². The summed E-state index contributed by atoms with van der Waals surface area (Å²) in [6.45, 7) is 0. The summed E-state index contributed by atoms with van der Waals surface area (Å²) < 4.78 is 0. The molecule has 0 aliphatic carbocycles. The van der Waals surface area contributed by atoms with Gasteiger partial charge >= 0.3 is 0 Å². The molecule has 2 amide bonds. The quantitative estimate of drug-likeness (QED) is 0.384. The van der Waals surface area contributed by atoms with Crippen molar-refractivity contribution < 1.29 is 14.5 Å². The summed E-state index contributed by atoms with van der Waals surface area (Å²) in [6.07, 6.45) is 1.27. The number of hydrogen-bond acceptors (Lipinski definition) is 4. The Morgan fingerprint density at radius 2 is 1.76 bits per heavy atom. The van der Waals surface area contributed by atoms with E-state index in [0.29, 0.717) is 16.3 Å². The molecule has 1 N–H and O–H groups in total. The van der Waals surface area contributed by atoms with Crippen molar-refractivity contribution in [2.75, 3.05) is 5.01 Å². The number of nitro benzene ring substituents is 1. The number of carbonyl (C=O) groups excluding carboxylic acids is 2. The Bertz CT molecular complexity index is 925. The second kappa shape index (κ2) is 6.54. The molecular weight excluding hydrogens is 369 g/mol. The van der Waals surface area contributed by atoms with Crippen LogP contribution in [-0.4, -0.2) is 16.7 Å². The lowest BCUT2D eigenvalue weighted by Gasteiger charge is -2.14. The van der Waals surface area contributed by atoms with Crippen molar-refractivity contribution in [1.29, 1.82) is 0 Å². The van der Waals surface area contributed by atoms with Gasteiger partial charge in [-0.1, -0.05) is 29.3 Å². The molecule has 1 saturated heterocycles. The van der Waals surface area contributed by atoms with Gasteiger partial charge in [0.25, 0.3) is 17.5 Å². The third-order valence-electron chi connectivity index (χ3n) is 3.45. The monoisotopic (exact) mass is 377 g/mol. The van der Waals surface area contributed by atoms with Crippen LogP contribution in [0, 0.1) is 10.1 Å². The lowest BCUT2D eigenvalue weighted by Crippen LogP contribution is -2.35. The fourth-order valence-electron chi connectivity index (χ4n) is 2.26. The predicted octanol–water partition coefficient (Wildman–Crippen LogP) is 3.36. The first kappa shape index (κ1) is 16.9. The zero-order chi connectivity index (χ0) is 18.1. The molecule has 0 spiro atoms. The Labute approximate surface area is 151 Å². The topological polar surface area (TPSA) is 92.6 Å². The van der Waals surface area contributed by atoms with Crippen LogP contribution in [-0.2, 0) is 9.59 Å². The van der Waals surface area contributed by atoms with Crippen molar-refractivity contribution in [1.82, 2.24) is 5.43 Å². The Morgan fingerprint density at radius 1 is 1.08 bits per heavy atom. The maximum absolute atomic E-state index is 12.5. The molecule has 126 valence electrons. The van der Waals surface area contributed by atoms with Crippen LogP contribution >= 0.6 is 23.2 Å². The number of hydrazine groups is 1. The Balaban J connectivity index is 1.95. The van der Waals surface area contributed by atoms with Crippen molar-refractivity contribution >= 4 is 52.5 Å².